The summed E-state index contributed by atoms with van der Waals surface area (Å²) in [7, 11) is 4.15. The molecule has 0 saturated heterocycles. The van der Waals surface area contributed by atoms with Gasteiger partial charge < -0.3 is 16.0 Å². The second-order valence-corrected chi connectivity index (χ2v) is 6.54. The highest BCUT2D eigenvalue weighted by molar-refractivity contribution is 14.0. The molecule has 0 atom stereocenters. The van der Waals surface area contributed by atoms with E-state index in [0.29, 0.717) is 12.5 Å². The van der Waals surface area contributed by atoms with Crippen LogP contribution in [0.2, 0.25) is 0 Å². The fourth-order valence-electron chi connectivity index (χ4n) is 2.94. The van der Waals surface area contributed by atoms with Gasteiger partial charge >= 0.3 is 0 Å². The van der Waals surface area contributed by atoms with Gasteiger partial charge in [0.05, 0.1) is 6.54 Å². The minimum Gasteiger partial charge on any atom is -0.370 e. The highest BCUT2D eigenvalue weighted by Crippen LogP contribution is 2.22. The highest BCUT2D eigenvalue weighted by atomic mass is 127. The van der Waals surface area contributed by atoms with E-state index in [2.05, 4.69) is 85.6 Å². The molecule has 0 saturated carbocycles. The number of halogens is 1. The lowest BCUT2D eigenvalue weighted by Gasteiger charge is -2.15. The third kappa shape index (κ3) is 6.61. The van der Waals surface area contributed by atoms with Crippen LogP contribution in [0, 0.1) is 0 Å². The number of para-hydroxylation sites is 1. The first-order valence-corrected chi connectivity index (χ1v) is 8.93. The Bertz CT molecular complexity index is 703. The van der Waals surface area contributed by atoms with Crippen LogP contribution >= 0.6 is 24.0 Å². The lowest BCUT2D eigenvalue weighted by atomic mass is 10.0. The largest absolute Gasteiger partial charge is 0.370 e. The predicted octanol–water partition coefficient (Wildman–Crippen LogP) is 4.42. The number of benzene rings is 2. The smallest absolute Gasteiger partial charge is 0.193 e. The molecule has 0 fully saturated rings. The van der Waals surface area contributed by atoms with Gasteiger partial charge in [0, 0.05) is 12.2 Å². The van der Waals surface area contributed by atoms with E-state index in [1.165, 1.54) is 22.3 Å². The molecule has 0 spiro atoms. The molecule has 0 aromatic heterocycles. The number of nitrogens with one attached hydrogen (secondary N) is 1. The number of guanidine groups is 1. The summed E-state index contributed by atoms with van der Waals surface area (Å²) in [6.07, 6.45) is 1.94. The molecule has 2 aromatic carbocycles. The normalized spacial score (nSPS) is 11.3. The Labute approximate surface area is 174 Å². The van der Waals surface area contributed by atoms with Crippen LogP contribution in [0.25, 0.3) is 0 Å². The Morgan fingerprint density at radius 2 is 1.58 bits per heavy atom. The van der Waals surface area contributed by atoms with Gasteiger partial charge in [0.15, 0.2) is 5.96 Å². The third-order valence-corrected chi connectivity index (χ3v) is 4.17. The van der Waals surface area contributed by atoms with Gasteiger partial charge in [-0.15, -0.1) is 24.0 Å². The van der Waals surface area contributed by atoms with Crippen LogP contribution in [0.3, 0.4) is 0 Å². The molecule has 0 aliphatic heterocycles. The maximum Gasteiger partial charge on any atom is 0.193 e. The van der Waals surface area contributed by atoms with Crippen molar-refractivity contribution >= 4 is 35.6 Å². The number of hydrogen-bond acceptors (Lipinski definition) is 2. The van der Waals surface area contributed by atoms with Gasteiger partial charge in [0.25, 0.3) is 0 Å². The fourth-order valence-corrected chi connectivity index (χ4v) is 2.94. The first-order chi connectivity index (χ1) is 12.0. The molecule has 0 unspecified atom stereocenters. The average Bonchev–Trinajstić information content (AvgIpc) is 2.60. The van der Waals surface area contributed by atoms with Crippen LogP contribution < -0.4 is 11.1 Å². The Hall–Kier alpha value is -1.60. The SMILES string of the molecule is CCc1cccc(CC)c1NC(N)=NCc1cccc(CN(C)C)c1.I. The number of nitrogens with two attached hydrogens (primary N) is 1. The van der Waals surface area contributed by atoms with E-state index in [4.69, 9.17) is 5.73 Å². The molecule has 0 aliphatic carbocycles. The summed E-state index contributed by atoms with van der Waals surface area (Å²) in [5.74, 6) is 0.466. The quantitative estimate of drug-likeness (QED) is 0.361. The second kappa shape index (κ2) is 11.2. The summed E-state index contributed by atoms with van der Waals surface area (Å²) in [6, 6.07) is 14.9. The van der Waals surface area contributed by atoms with Crippen molar-refractivity contribution in [3.63, 3.8) is 0 Å². The summed E-state index contributed by atoms with van der Waals surface area (Å²) in [5.41, 5.74) is 12.3. The molecule has 142 valence electrons. The molecule has 26 heavy (non-hydrogen) atoms. The van der Waals surface area contributed by atoms with Crippen molar-refractivity contribution in [2.75, 3.05) is 19.4 Å². The topological polar surface area (TPSA) is 53.6 Å². The van der Waals surface area contributed by atoms with Crippen molar-refractivity contribution in [2.45, 2.75) is 39.8 Å². The molecular formula is C21H31IN4. The molecule has 0 radical (unpaired) electrons. The summed E-state index contributed by atoms with van der Waals surface area (Å²) < 4.78 is 0. The van der Waals surface area contributed by atoms with Crippen LogP contribution in [0.15, 0.2) is 47.5 Å². The summed E-state index contributed by atoms with van der Waals surface area (Å²) in [5, 5.41) is 3.32. The van der Waals surface area contributed by atoms with E-state index in [9.17, 15) is 0 Å². The fraction of sp³-hybridized carbons (Fsp3) is 0.381. The first-order valence-electron chi connectivity index (χ1n) is 8.93. The Morgan fingerprint density at radius 3 is 2.15 bits per heavy atom. The van der Waals surface area contributed by atoms with Gasteiger partial charge in [-0.25, -0.2) is 4.99 Å². The molecule has 0 amide bonds. The Kier molecular flexibility index (Phi) is 9.65. The Morgan fingerprint density at radius 1 is 1.00 bits per heavy atom. The van der Waals surface area contributed by atoms with E-state index in [-0.39, 0.29) is 24.0 Å². The number of aryl methyl sites for hydroxylation is 2. The van der Waals surface area contributed by atoms with E-state index < -0.39 is 0 Å². The summed E-state index contributed by atoms with van der Waals surface area (Å²) >= 11 is 0. The van der Waals surface area contributed by atoms with E-state index in [0.717, 1.165) is 25.1 Å². The van der Waals surface area contributed by atoms with Crippen molar-refractivity contribution in [1.29, 1.82) is 0 Å². The first kappa shape index (κ1) is 22.4. The molecule has 0 heterocycles. The van der Waals surface area contributed by atoms with Gasteiger partial charge in [-0.3, -0.25) is 0 Å². The number of rotatable bonds is 7. The minimum atomic E-state index is 0. The Balaban J connectivity index is 0.00000338. The minimum absolute atomic E-state index is 0. The third-order valence-electron chi connectivity index (χ3n) is 4.17. The van der Waals surface area contributed by atoms with Gasteiger partial charge in [0.2, 0.25) is 0 Å². The van der Waals surface area contributed by atoms with Crippen LogP contribution in [0.4, 0.5) is 5.69 Å². The van der Waals surface area contributed by atoms with Crippen LogP contribution in [0.1, 0.15) is 36.1 Å². The highest BCUT2D eigenvalue weighted by Gasteiger charge is 2.07. The van der Waals surface area contributed by atoms with E-state index >= 15 is 0 Å². The monoisotopic (exact) mass is 466 g/mol. The number of anilines is 1. The molecule has 2 rings (SSSR count). The number of nitrogens with zero attached hydrogens (tertiary/aromatic N) is 2. The van der Waals surface area contributed by atoms with Crippen LogP contribution in [-0.2, 0) is 25.9 Å². The van der Waals surface area contributed by atoms with Crippen molar-refractivity contribution in [3.8, 4) is 0 Å². The maximum atomic E-state index is 6.15. The zero-order chi connectivity index (χ0) is 18.2. The summed E-state index contributed by atoms with van der Waals surface area (Å²) in [4.78, 5) is 6.69. The van der Waals surface area contributed by atoms with Crippen molar-refractivity contribution in [1.82, 2.24) is 4.90 Å². The average molecular weight is 466 g/mol. The molecule has 2 aromatic rings. The molecule has 3 N–H and O–H groups in total. The van der Waals surface area contributed by atoms with Gasteiger partial charge in [0.1, 0.15) is 0 Å². The van der Waals surface area contributed by atoms with Crippen LogP contribution in [0.5, 0.6) is 0 Å². The number of hydrogen-bond donors (Lipinski definition) is 2. The van der Waals surface area contributed by atoms with Gasteiger partial charge in [-0.1, -0.05) is 56.3 Å². The lowest BCUT2D eigenvalue weighted by Crippen LogP contribution is -2.24. The molecule has 5 heteroatoms. The summed E-state index contributed by atoms with van der Waals surface area (Å²) in [6.45, 7) is 5.82. The zero-order valence-electron chi connectivity index (χ0n) is 16.2. The van der Waals surface area contributed by atoms with Crippen LogP contribution in [-0.4, -0.2) is 25.0 Å². The second-order valence-electron chi connectivity index (χ2n) is 6.54. The van der Waals surface area contributed by atoms with Gasteiger partial charge in [-0.2, -0.15) is 0 Å². The van der Waals surface area contributed by atoms with E-state index in [1.807, 2.05) is 0 Å². The maximum absolute atomic E-state index is 6.15. The van der Waals surface area contributed by atoms with Gasteiger partial charge in [-0.05, 0) is 49.2 Å². The van der Waals surface area contributed by atoms with E-state index in [1.54, 1.807) is 0 Å². The predicted molar refractivity (Wildman–Crippen MR) is 123 cm³/mol. The van der Waals surface area contributed by atoms with Crippen molar-refractivity contribution < 1.29 is 0 Å². The van der Waals surface area contributed by atoms with Crippen molar-refractivity contribution in [3.05, 3.63) is 64.7 Å². The molecule has 0 aliphatic rings. The number of aliphatic imine (C=N–C) groups is 1. The molecular weight excluding hydrogens is 435 g/mol. The molecule has 4 nitrogen and oxygen atoms in total. The standard InChI is InChI=1S/C21H30N4.HI/c1-5-18-11-8-12-19(6-2)20(18)24-21(22)23-14-16-9-7-10-17(13-16)15-25(3)4;/h7-13H,5-6,14-15H2,1-4H3,(H3,22,23,24);1H. The lowest BCUT2D eigenvalue weighted by molar-refractivity contribution is 0.402. The zero-order valence-corrected chi connectivity index (χ0v) is 18.6. The molecule has 0 bridgehead atoms. The van der Waals surface area contributed by atoms with Crippen molar-refractivity contribution in [2.24, 2.45) is 10.7 Å².